The van der Waals surface area contributed by atoms with Gasteiger partial charge >= 0.3 is 0 Å². The molecule has 1 amide bonds. The molecule has 1 aliphatic heterocycles. The van der Waals surface area contributed by atoms with Gasteiger partial charge in [-0.3, -0.25) is 4.79 Å². The van der Waals surface area contributed by atoms with Crippen LogP contribution in [0.1, 0.15) is 49.7 Å². The molecule has 1 fully saturated rings. The first kappa shape index (κ1) is 18.4. The van der Waals surface area contributed by atoms with E-state index in [1.807, 2.05) is 23.1 Å². The quantitative estimate of drug-likeness (QED) is 0.822. The Morgan fingerprint density at radius 1 is 1.19 bits per heavy atom. The normalized spacial score (nSPS) is 15.3. The summed E-state index contributed by atoms with van der Waals surface area (Å²) in [5, 5.41) is 0. The summed E-state index contributed by atoms with van der Waals surface area (Å²) in [6, 6.07) is 12.2. The maximum Gasteiger partial charge on any atom is 0.272 e. The third kappa shape index (κ3) is 4.40. The van der Waals surface area contributed by atoms with Crippen LogP contribution in [0.5, 0.6) is 0 Å². The van der Waals surface area contributed by atoms with Crippen LogP contribution in [-0.4, -0.2) is 39.9 Å². The Balaban J connectivity index is 1.79. The average Bonchev–Trinajstić information content (AvgIpc) is 2.67. The largest absolute Gasteiger partial charge is 0.337 e. The number of amides is 1. The molecular formula is C21H28N4O. The maximum absolute atomic E-state index is 12.8. The first-order valence-corrected chi connectivity index (χ1v) is 9.47. The number of piperidine rings is 1. The molecule has 2 aromatic rings. The van der Waals surface area contributed by atoms with Gasteiger partial charge in [0.05, 0.1) is 0 Å². The summed E-state index contributed by atoms with van der Waals surface area (Å²) in [6.45, 7) is 8.83. The lowest BCUT2D eigenvalue weighted by Crippen LogP contribution is -2.39. The molecule has 1 aromatic heterocycles. The van der Waals surface area contributed by atoms with Crippen LogP contribution in [0.15, 0.2) is 42.6 Å². The molecule has 1 saturated heterocycles. The number of hydrogen-bond acceptors (Lipinski definition) is 4. The molecule has 138 valence electrons. The van der Waals surface area contributed by atoms with Crippen molar-refractivity contribution >= 4 is 11.9 Å². The Hall–Kier alpha value is -2.43. The third-order valence-corrected chi connectivity index (χ3v) is 5.01. The lowest BCUT2D eigenvalue weighted by atomic mass is 9.99. The van der Waals surface area contributed by atoms with E-state index in [0.29, 0.717) is 17.6 Å². The number of likely N-dealkylation sites (tertiary alicyclic amines) is 1. The molecule has 26 heavy (non-hydrogen) atoms. The molecule has 2 heterocycles. The van der Waals surface area contributed by atoms with E-state index in [1.54, 1.807) is 12.3 Å². The fourth-order valence-corrected chi connectivity index (χ4v) is 3.24. The van der Waals surface area contributed by atoms with Gasteiger partial charge in [0.25, 0.3) is 5.91 Å². The average molecular weight is 352 g/mol. The number of carbonyl (C=O) groups excluding carboxylic acids is 1. The molecule has 1 aliphatic rings. The monoisotopic (exact) mass is 352 g/mol. The molecule has 0 saturated carbocycles. The number of nitrogens with zero attached hydrogens (tertiary/aromatic N) is 4. The Morgan fingerprint density at radius 3 is 2.54 bits per heavy atom. The van der Waals surface area contributed by atoms with Gasteiger partial charge in [-0.25, -0.2) is 9.97 Å². The highest BCUT2D eigenvalue weighted by Crippen LogP contribution is 2.20. The van der Waals surface area contributed by atoms with E-state index in [2.05, 4.69) is 47.8 Å². The summed E-state index contributed by atoms with van der Waals surface area (Å²) in [4.78, 5) is 25.9. The van der Waals surface area contributed by atoms with Gasteiger partial charge in [-0.1, -0.05) is 37.3 Å². The minimum Gasteiger partial charge on any atom is -0.337 e. The van der Waals surface area contributed by atoms with Gasteiger partial charge in [-0.2, -0.15) is 0 Å². The molecule has 1 aromatic carbocycles. The second kappa shape index (κ2) is 8.30. The van der Waals surface area contributed by atoms with Gasteiger partial charge in [-0.15, -0.1) is 0 Å². The Bertz CT molecular complexity index is 724. The molecule has 5 nitrogen and oxygen atoms in total. The van der Waals surface area contributed by atoms with Crippen LogP contribution < -0.4 is 4.90 Å². The van der Waals surface area contributed by atoms with Crippen LogP contribution in [0.3, 0.4) is 0 Å². The number of rotatable bonds is 5. The minimum atomic E-state index is 0.0176. The first-order valence-electron chi connectivity index (χ1n) is 9.47. The van der Waals surface area contributed by atoms with Crippen molar-refractivity contribution in [3.05, 3.63) is 53.9 Å². The van der Waals surface area contributed by atoms with Gasteiger partial charge in [0, 0.05) is 31.9 Å². The molecule has 5 heteroatoms. The van der Waals surface area contributed by atoms with E-state index in [4.69, 9.17) is 0 Å². The van der Waals surface area contributed by atoms with E-state index in [0.717, 1.165) is 32.5 Å². The fraction of sp³-hybridized carbons (Fsp3) is 0.476. The van der Waals surface area contributed by atoms with E-state index < -0.39 is 0 Å². The lowest BCUT2D eigenvalue weighted by molar-refractivity contribution is 0.0691. The Morgan fingerprint density at radius 2 is 1.88 bits per heavy atom. The second-order valence-electron chi connectivity index (χ2n) is 7.42. The second-order valence-corrected chi connectivity index (χ2v) is 7.42. The summed E-state index contributed by atoms with van der Waals surface area (Å²) in [7, 11) is 0. The summed E-state index contributed by atoms with van der Waals surface area (Å²) in [5.74, 6) is 1.33. The summed E-state index contributed by atoms with van der Waals surface area (Å²) < 4.78 is 0. The van der Waals surface area contributed by atoms with Gasteiger partial charge in [-0.05, 0) is 44.2 Å². The van der Waals surface area contributed by atoms with E-state index >= 15 is 0 Å². The highest BCUT2D eigenvalue weighted by atomic mass is 16.2. The molecule has 3 rings (SSSR count). The van der Waals surface area contributed by atoms with Crippen LogP contribution in [0.4, 0.5) is 5.95 Å². The van der Waals surface area contributed by atoms with Gasteiger partial charge < -0.3 is 9.80 Å². The molecule has 0 aliphatic carbocycles. The third-order valence-electron chi connectivity index (χ3n) is 5.01. The predicted octanol–water partition coefficient (Wildman–Crippen LogP) is 3.76. The smallest absolute Gasteiger partial charge is 0.272 e. The van der Waals surface area contributed by atoms with Crippen molar-refractivity contribution in [3.8, 4) is 0 Å². The van der Waals surface area contributed by atoms with Crippen molar-refractivity contribution in [1.29, 1.82) is 0 Å². The molecular weight excluding hydrogens is 324 g/mol. The van der Waals surface area contributed by atoms with Crippen LogP contribution in [0, 0.1) is 5.92 Å². The molecule has 0 N–H and O–H groups in total. The van der Waals surface area contributed by atoms with Crippen molar-refractivity contribution in [3.63, 3.8) is 0 Å². The van der Waals surface area contributed by atoms with E-state index in [1.165, 1.54) is 5.56 Å². The molecule has 0 spiro atoms. The number of aromatic nitrogens is 2. The zero-order valence-electron chi connectivity index (χ0n) is 15.9. The molecule has 0 atom stereocenters. The zero-order valence-corrected chi connectivity index (χ0v) is 15.9. The summed E-state index contributed by atoms with van der Waals surface area (Å²) >= 11 is 0. The topological polar surface area (TPSA) is 49.3 Å². The molecule has 0 radical (unpaired) electrons. The maximum atomic E-state index is 12.8. The molecule has 0 bridgehead atoms. The number of anilines is 1. The van der Waals surface area contributed by atoms with E-state index in [9.17, 15) is 4.79 Å². The highest BCUT2D eigenvalue weighted by Gasteiger charge is 2.23. The van der Waals surface area contributed by atoms with Crippen molar-refractivity contribution < 1.29 is 4.79 Å². The highest BCUT2D eigenvalue weighted by molar-refractivity contribution is 5.92. The fourth-order valence-electron chi connectivity index (χ4n) is 3.24. The van der Waals surface area contributed by atoms with Crippen molar-refractivity contribution in [1.82, 2.24) is 14.9 Å². The van der Waals surface area contributed by atoms with Crippen LogP contribution >= 0.6 is 0 Å². The zero-order chi connectivity index (χ0) is 18.5. The minimum absolute atomic E-state index is 0.0176. The van der Waals surface area contributed by atoms with Crippen molar-refractivity contribution in [2.45, 2.75) is 46.2 Å². The number of benzene rings is 1. The van der Waals surface area contributed by atoms with Gasteiger partial charge in [0.15, 0.2) is 0 Å². The summed E-state index contributed by atoms with van der Waals surface area (Å²) in [5.41, 5.74) is 1.69. The SMILES string of the molecule is CC1CCN(C(=O)c2ccnc(N(Cc3ccccc3)C(C)C)n2)CC1. The van der Waals surface area contributed by atoms with Crippen molar-refractivity contribution in [2.75, 3.05) is 18.0 Å². The Kier molecular flexibility index (Phi) is 5.86. The standard InChI is InChI=1S/C21H28N4O/c1-16(2)25(15-18-7-5-4-6-8-18)21-22-12-9-19(23-21)20(26)24-13-10-17(3)11-14-24/h4-9,12,16-17H,10-11,13-15H2,1-3H3. The molecule has 0 unspecified atom stereocenters. The Labute approximate surface area is 156 Å². The number of hydrogen-bond donors (Lipinski definition) is 0. The number of carbonyl (C=O) groups is 1. The summed E-state index contributed by atoms with van der Waals surface area (Å²) in [6.07, 6.45) is 3.83. The first-order chi connectivity index (χ1) is 12.5. The van der Waals surface area contributed by atoms with E-state index in [-0.39, 0.29) is 11.9 Å². The van der Waals surface area contributed by atoms with Gasteiger partial charge in [0.1, 0.15) is 5.69 Å². The van der Waals surface area contributed by atoms with Crippen LogP contribution in [0.25, 0.3) is 0 Å². The predicted molar refractivity (Wildman–Crippen MR) is 104 cm³/mol. The van der Waals surface area contributed by atoms with Crippen molar-refractivity contribution in [2.24, 2.45) is 5.92 Å². The van der Waals surface area contributed by atoms with Crippen LogP contribution in [0.2, 0.25) is 0 Å². The van der Waals surface area contributed by atoms with Crippen LogP contribution in [-0.2, 0) is 6.54 Å². The lowest BCUT2D eigenvalue weighted by Gasteiger charge is -2.30. The van der Waals surface area contributed by atoms with Gasteiger partial charge in [0.2, 0.25) is 5.95 Å².